The Morgan fingerprint density at radius 1 is 1.17 bits per heavy atom. The van der Waals surface area contributed by atoms with Gasteiger partial charge in [-0.2, -0.15) is 4.98 Å². The predicted molar refractivity (Wildman–Crippen MR) is 166 cm³/mol. The molecule has 13 heteroatoms. The molecule has 2 N–H and O–H groups in total. The van der Waals surface area contributed by atoms with Gasteiger partial charge >= 0.3 is 0 Å². The van der Waals surface area contributed by atoms with Crippen LogP contribution in [-0.4, -0.2) is 86.8 Å². The standard InChI is InChI=1S/C33H40FN7O5/c1-21(2)26-19-40(30(43)11-3-10-29-38-31(39-46-29)23-8-5-14-35-18-23)20-28(42)36-15-4-7-22-12-13-25(34)24(17-22)33(45)41-16-6-9-27(41)32(44)37-26/h5,8,12-14,17-18,21,26-27H,3-4,6-7,9-11,15-16,19-20H2,1-2H3,(H,36,42)(H,37,44)/t26-,27-/m0/s1. The molecule has 0 saturated carbocycles. The van der Waals surface area contributed by atoms with Crippen LogP contribution in [0.15, 0.2) is 47.2 Å². The first-order chi connectivity index (χ1) is 22.2. The van der Waals surface area contributed by atoms with E-state index in [1.54, 1.807) is 24.5 Å². The third kappa shape index (κ3) is 8.12. The van der Waals surface area contributed by atoms with E-state index in [2.05, 4.69) is 25.8 Å². The Labute approximate surface area is 267 Å². The fraction of sp³-hybridized carbons (Fsp3) is 0.485. The van der Waals surface area contributed by atoms with Gasteiger partial charge in [-0.3, -0.25) is 24.2 Å². The fourth-order valence-corrected chi connectivity index (χ4v) is 5.79. The van der Waals surface area contributed by atoms with Crippen LogP contribution in [-0.2, 0) is 27.2 Å². The molecule has 3 aromatic rings. The van der Waals surface area contributed by atoms with Crippen LogP contribution in [0.1, 0.15) is 67.8 Å². The topological polar surface area (TPSA) is 151 Å². The number of pyridine rings is 1. The molecule has 1 aromatic carbocycles. The normalized spacial score (nSPS) is 19.9. The minimum Gasteiger partial charge on any atom is -0.355 e. The molecule has 1 fully saturated rings. The van der Waals surface area contributed by atoms with Crippen molar-refractivity contribution in [3.63, 3.8) is 0 Å². The van der Waals surface area contributed by atoms with Crippen molar-refractivity contribution in [2.45, 2.75) is 70.9 Å². The average molecular weight is 634 g/mol. The summed E-state index contributed by atoms with van der Waals surface area (Å²) in [5.41, 5.74) is 1.42. The van der Waals surface area contributed by atoms with Gasteiger partial charge in [-0.1, -0.05) is 25.1 Å². The van der Waals surface area contributed by atoms with E-state index in [-0.39, 0.29) is 48.7 Å². The van der Waals surface area contributed by atoms with E-state index in [0.717, 1.165) is 11.1 Å². The molecule has 2 aliphatic heterocycles. The summed E-state index contributed by atoms with van der Waals surface area (Å²) >= 11 is 0. The van der Waals surface area contributed by atoms with E-state index in [1.165, 1.54) is 21.9 Å². The number of nitrogens with zero attached hydrogens (tertiary/aromatic N) is 5. The number of aromatic nitrogens is 3. The number of fused-ring (bicyclic) bond motifs is 3. The second kappa shape index (κ2) is 15.1. The Balaban J connectivity index is 1.30. The third-order valence-electron chi connectivity index (χ3n) is 8.45. The molecular weight excluding hydrogens is 593 g/mol. The maximum atomic E-state index is 14.8. The van der Waals surface area contributed by atoms with Gasteiger partial charge in [0.05, 0.1) is 12.1 Å². The molecule has 1 saturated heterocycles. The van der Waals surface area contributed by atoms with E-state index >= 15 is 0 Å². The highest BCUT2D eigenvalue weighted by Crippen LogP contribution is 2.24. The summed E-state index contributed by atoms with van der Waals surface area (Å²) in [6, 6.07) is 6.79. The molecule has 2 bridgehead atoms. The molecule has 0 unspecified atom stereocenters. The van der Waals surface area contributed by atoms with Crippen molar-refractivity contribution in [1.29, 1.82) is 0 Å². The van der Waals surface area contributed by atoms with E-state index in [4.69, 9.17) is 4.52 Å². The van der Waals surface area contributed by atoms with Crippen molar-refractivity contribution in [3.05, 3.63) is 65.6 Å². The molecule has 5 rings (SSSR count). The lowest BCUT2D eigenvalue weighted by molar-refractivity contribution is -0.137. The van der Waals surface area contributed by atoms with Crippen LogP contribution < -0.4 is 10.6 Å². The summed E-state index contributed by atoms with van der Waals surface area (Å²) in [7, 11) is 0. The van der Waals surface area contributed by atoms with Crippen LogP contribution in [0.5, 0.6) is 0 Å². The number of nitrogens with one attached hydrogen (secondary N) is 2. The number of hydrogen-bond acceptors (Lipinski definition) is 8. The van der Waals surface area contributed by atoms with Crippen molar-refractivity contribution in [2.75, 3.05) is 26.2 Å². The summed E-state index contributed by atoms with van der Waals surface area (Å²) in [5, 5.41) is 9.89. The first kappa shape index (κ1) is 32.7. The first-order valence-corrected chi connectivity index (χ1v) is 15.9. The van der Waals surface area contributed by atoms with Gasteiger partial charge < -0.3 is 25.0 Å². The Morgan fingerprint density at radius 2 is 2.02 bits per heavy atom. The fourth-order valence-electron chi connectivity index (χ4n) is 5.79. The van der Waals surface area contributed by atoms with Crippen molar-refractivity contribution in [2.24, 2.45) is 5.92 Å². The SMILES string of the molecule is CC(C)[C@@H]1CN(C(=O)CCCc2nc(-c3cccnc3)no2)CC(=O)NCCCc2ccc(F)c(c2)C(=O)N2CCC[C@H]2C(=O)N1. The Kier molecular flexibility index (Phi) is 10.7. The van der Waals surface area contributed by atoms with Gasteiger partial charge in [-0.15, -0.1) is 0 Å². The lowest BCUT2D eigenvalue weighted by atomic mass is 10.0. The number of carbonyl (C=O) groups excluding carboxylic acids is 4. The molecule has 2 atom stereocenters. The molecule has 0 aliphatic carbocycles. The zero-order chi connectivity index (χ0) is 32.6. The van der Waals surface area contributed by atoms with E-state index in [1.807, 2.05) is 19.9 Å². The molecule has 4 heterocycles. The van der Waals surface area contributed by atoms with Crippen molar-refractivity contribution in [3.8, 4) is 11.4 Å². The van der Waals surface area contributed by atoms with Crippen LogP contribution in [0.2, 0.25) is 0 Å². The maximum absolute atomic E-state index is 14.8. The number of amides is 4. The molecule has 46 heavy (non-hydrogen) atoms. The smallest absolute Gasteiger partial charge is 0.257 e. The summed E-state index contributed by atoms with van der Waals surface area (Å²) in [6.45, 7) is 4.47. The maximum Gasteiger partial charge on any atom is 0.257 e. The quantitative estimate of drug-likeness (QED) is 0.421. The zero-order valence-electron chi connectivity index (χ0n) is 26.2. The monoisotopic (exact) mass is 633 g/mol. The number of carbonyl (C=O) groups is 4. The van der Waals surface area contributed by atoms with Crippen LogP contribution in [0.4, 0.5) is 4.39 Å². The molecule has 0 spiro atoms. The van der Waals surface area contributed by atoms with Crippen LogP contribution >= 0.6 is 0 Å². The highest BCUT2D eigenvalue weighted by molar-refractivity contribution is 5.98. The second-order valence-electron chi connectivity index (χ2n) is 12.2. The molecule has 244 valence electrons. The van der Waals surface area contributed by atoms with Crippen LogP contribution in [0.3, 0.4) is 0 Å². The van der Waals surface area contributed by atoms with Gasteiger partial charge in [-0.05, 0) is 67.9 Å². The van der Waals surface area contributed by atoms with Gasteiger partial charge in [0.1, 0.15) is 11.9 Å². The van der Waals surface area contributed by atoms with E-state index in [9.17, 15) is 23.6 Å². The molecule has 4 amide bonds. The van der Waals surface area contributed by atoms with Crippen LogP contribution in [0, 0.1) is 11.7 Å². The minimum absolute atomic E-state index is 0.0587. The lowest BCUT2D eigenvalue weighted by Gasteiger charge is -2.32. The van der Waals surface area contributed by atoms with Gasteiger partial charge in [0.15, 0.2) is 0 Å². The molecule has 2 aromatic heterocycles. The van der Waals surface area contributed by atoms with E-state index < -0.39 is 23.8 Å². The number of halogens is 1. The Bertz CT molecular complexity index is 1550. The summed E-state index contributed by atoms with van der Waals surface area (Å²) in [6.07, 6.45) is 6.35. The summed E-state index contributed by atoms with van der Waals surface area (Å²) in [5.74, 6) is -1.35. The number of aryl methyl sites for hydroxylation is 2. The number of benzene rings is 1. The zero-order valence-corrected chi connectivity index (χ0v) is 26.2. The summed E-state index contributed by atoms with van der Waals surface area (Å²) in [4.78, 5) is 64.9. The minimum atomic E-state index is -0.758. The molecule has 2 aliphatic rings. The predicted octanol–water partition coefficient (Wildman–Crippen LogP) is 2.93. The van der Waals surface area contributed by atoms with Gasteiger partial charge in [-0.25, -0.2) is 4.39 Å². The van der Waals surface area contributed by atoms with Gasteiger partial charge in [0, 0.05) is 56.5 Å². The molecular formula is C33H40FN7O5. The van der Waals surface area contributed by atoms with Crippen molar-refractivity contribution in [1.82, 2.24) is 35.6 Å². The third-order valence-corrected chi connectivity index (χ3v) is 8.45. The Morgan fingerprint density at radius 3 is 2.80 bits per heavy atom. The highest BCUT2D eigenvalue weighted by atomic mass is 19.1. The first-order valence-electron chi connectivity index (χ1n) is 15.9. The number of rotatable bonds is 6. The van der Waals surface area contributed by atoms with Crippen LogP contribution in [0.25, 0.3) is 11.4 Å². The highest BCUT2D eigenvalue weighted by Gasteiger charge is 2.37. The summed E-state index contributed by atoms with van der Waals surface area (Å²) < 4.78 is 20.1. The van der Waals surface area contributed by atoms with Crippen molar-refractivity contribution < 1.29 is 28.1 Å². The number of hydrogen-bond donors (Lipinski definition) is 2. The van der Waals surface area contributed by atoms with Crippen molar-refractivity contribution >= 4 is 23.6 Å². The van der Waals surface area contributed by atoms with Gasteiger partial charge in [0.25, 0.3) is 5.91 Å². The Hall–Kier alpha value is -4.68. The van der Waals surface area contributed by atoms with E-state index in [0.29, 0.717) is 63.3 Å². The second-order valence-corrected chi connectivity index (χ2v) is 12.2. The van der Waals surface area contributed by atoms with Gasteiger partial charge in [0.2, 0.25) is 29.4 Å². The average Bonchev–Trinajstić information content (AvgIpc) is 3.73. The molecule has 0 radical (unpaired) electrons. The molecule has 12 nitrogen and oxygen atoms in total. The largest absolute Gasteiger partial charge is 0.355 e. The lowest BCUT2D eigenvalue weighted by Crippen LogP contribution is -2.54.